The first-order chi connectivity index (χ1) is 8.50. The van der Waals surface area contributed by atoms with Crippen LogP contribution in [0.1, 0.15) is 0 Å². The van der Waals surface area contributed by atoms with Gasteiger partial charge in [0.15, 0.2) is 0 Å². The van der Waals surface area contributed by atoms with Crippen LogP contribution in [-0.4, -0.2) is 36.1 Å². The van der Waals surface area contributed by atoms with Gasteiger partial charge in [-0.05, 0) is 4.92 Å². The van der Waals surface area contributed by atoms with Crippen LogP contribution in [0.5, 0.6) is 0 Å². The topological polar surface area (TPSA) is 104 Å². The molecule has 0 aliphatic heterocycles. The molecule has 0 saturated heterocycles. The highest BCUT2D eigenvalue weighted by molar-refractivity contribution is 8.13. The van der Waals surface area contributed by atoms with Crippen LogP contribution in [0.15, 0.2) is 11.1 Å². The molecule has 0 aromatic carbocycles. The van der Waals surface area contributed by atoms with Crippen molar-refractivity contribution in [3.05, 3.63) is 16.3 Å². The van der Waals surface area contributed by atoms with Gasteiger partial charge in [-0.2, -0.15) is 4.68 Å². The Morgan fingerprint density at radius 1 is 1.53 bits per heavy atom. The summed E-state index contributed by atoms with van der Waals surface area (Å²) in [6, 6.07) is 0. The van der Waals surface area contributed by atoms with E-state index in [1.807, 2.05) is 0 Å². The van der Waals surface area contributed by atoms with E-state index in [2.05, 4.69) is 9.84 Å². The lowest BCUT2D eigenvalue weighted by molar-refractivity contribution is -0.392. The zero-order valence-corrected chi connectivity index (χ0v) is 10.4. The fourth-order valence-electron chi connectivity index (χ4n) is 1.06. The van der Waals surface area contributed by atoms with E-state index in [9.17, 15) is 31.7 Å². The molecule has 0 N–H and O–H groups in total. The minimum atomic E-state index is -4.86. The molecular formula is C6H5ClF3N3O5S. The van der Waals surface area contributed by atoms with E-state index in [4.69, 9.17) is 10.7 Å². The lowest BCUT2D eigenvalue weighted by atomic mass is 10.6. The van der Waals surface area contributed by atoms with Crippen molar-refractivity contribution in [3.63, 3.8) is 0 Å². The summed E-state index contributed by atoms with van der Waals surface area (Å²) in [5.74, 6) is -1.07. The second kappa shape index (κ2) is 5.30. The number of hydrogen-bond donors (Lipinski definition) is 0. The normalized spacial score (nSPS) is 12.6. The van der Waals surface area contributed by atoms with Crippen molar-refractivity contribution in [2.45, 2.75) is 17.8 Å². The summed E-state index contributed by atoms with van der Waals surface area (Å²) in [6.45, 7) is -1.42. The third kappa shape index (κ3) is 4.65. The smallest absolute Gasteiger partial charge is 0.358 e. The number of halogens is 4. The first-order valence-electron chi connectivity index (χ1n) is 4.38. The van der Waals surface area contributed by atoms with Crippen LogP contribution in [0.2, 0.25) is 0 Å². The molecule has 13 heteroatoms. The molecule has 1 aromatic rings. The van der Waals surface area contributed by atoms with Crippen LogP contribution in [0.3, 0.4) is 0 Å². The zero-order chi connectivity index (χ0) is 14.8. The largest absolute Gasteiger partial charge is 0.522 e. The van der Waals surface area contributed by atoms with E-state index in [0.29, 0.717) is 10.9 Å². The Morgan fingerprint density at radius 2 is 2.11 bits per heavy atom. The van der Waals surface area contributed by atoms with E-state index in [-0.39, 0.29) is 0 Å². The van der Waals surface area contributed by atoms with Gasteiger partial charge in [-0.1, -0.05) is 0 Å². The quantitative estimate of drug-likeness (QED) is 0.459. The van der Waals surface area contributed by atoms with Crippen LogP contribution in [0.4, 0.5) is 19.0 Å². The zero-order valence-electron chi connectivity index (χ0n) is 8.79. The van der Waals surface area contributed by atoms with Crippen molar-refractivity contribution in [2.75, 3.05) is 6.61 Å². The molecule has 0 radical (unpaired) electrons. The van der Waals surface area contributed by atoms with E-state index < -0.39 is 44.2 Å². The first kappa shape index (κ1) is 15.7. The van der Waals surface area contributed by atoms with E-state index in [0.717, 1.165) is 0 Å². The molecular weight excluding hydrogens is 319 g/mol. The molecule has 8 nitrogen and oxygen atoms in total. The van der Waals surface area contributed by atoms with E-state index in [1.54, 1.807) is 0 Å². The molecule has 19 heavy (non-hydrogen) atoms. The monoisotopic (exact) mass is 323 g/mol. The van der Waals surface area contributed by atoms with Gasteiger partial charge in [0.1, 0.15) is 0 Å². The van der Waals surface area contributed by atoms with Gasteiger partial charge in [0.2, 0.25) is 4.90 Å². The molecule has 0 amide bonds. The standard InChI is InChI=1S/C6H5ClF3N3O5S/c7-19(16,17)4-3-12(11-5(4)13(14)15)1-2-18-6(8,9)10/h3H,1-2H2. The highest BCUT2D eigenvalue weighted by Gasteiger charge is 2.31. The highest BCUT2D eigenvalue weighted by atomic mass is 35.7. The second-order valence-corrected chi connectivity index (χ2v) is 5.60. The third-order valence-corrected chi connectivity index (χ3v) is 3.04. The number of alkyl halides is 3. The predicted octanol–water partition coefficient (Wildman–Crippen LogP) is 1.26. The predicted molar refractivity (Wildman–Crippen MR) is 53.9 cm³/mol. The van der Waals surface area contributed by atoms with E-state index >= 15 is 0 Å². The molecule has 108 valence electrons. The van der Waals surface area contributed by atoms with Crippen molar-refractivity contribution < 1.29 is 31.2 Å². The van der Waals surface area contributed by atoms with Crippen LogP contribution in [-0.2, 0) is 20.3 Å². The minimum Gasteiger partial charge on any atom is -0.358 e. The summed E-state index contributed by atoms with van der Waals surface area (Å²) in [5.41, 5.74) is 0. The maximum absolute atomic E-state index is 11.7. The summed E-state index contributed by atoms with van der Waals surface area (Å²) < 4.78 is 61.1. The van der Waals surface area contributed by atoms with Gasteiger partial charge in [0.25, 0.3) is 9.05 Å². The van der Waals surface area contributed by atoms with Gasteiger partial charge >= 0.3 is 12.2 Å². The highest BCUT2D eigenvalue weighted by Crippen LogP contribution is 2.25. The molecule has 0 spiro atoms. The Hall–Kier alpha value is -1.40. The van der Waals surface area contributed by atoms with Gasteiger partial charge in [0.05, 0.1) is 24.4 Å². The maximum atomic E-state index is 11.7. The van der Waals surface area contributed by atoms with Crippen LogP contribution >= 0.6 is 10.7 Å². The molecule has 0 fully saturated rings. The molecule has 0 aliphatic rings. The summed E-state index contributed by atoms with van der Waals surface area (Å²) in [5, 5.41) is 13.7. The average molecular weight is 324 g/mol. The van der Waals surface area contributed by atoms with Gasteiger partial charge < -0.3 is 10.1 Å². The van der Waals surface area contributed by atoms with Gasteiger partial charge in [-0.25, -0.2) is 8.42 Å². The summed E-state index contributed by atoms with van der Waals surface area (Å²) in [4.78, 5) is 8.50. The Labute approximate surface area is 108 Å². The van der Waals surface area contributed by atoms with Gasteiger partial charge in [-0.3, -0.25) is 4.74 Å². The molecule has 1 rings (SSSR count). The molecule has 1 aromatic heterocycles. The fraction of sp³-hybridized carbons (Fsp3) is 0.500. The van der Waals surface area contributed by atoms with Crippen LogP contribution < -0.4 is 0 Å². The van der Waals surface area contributed by atoms with Crippen molar-refractivity contribution >= 4 is 25.6 Å². The number of aromatic nitrogens is 2. The lowest BCUT2D eigenvalue weighted by Crippen LogP contribution is -2.17. The summed E-state index contributed by atoms with van der Waals surface area (Å²) in [6.07, 6.45) is -4.21. The molecule has 0 aliphatic carbocycles. The molecule has 1 heterocycles. The van der Waals surface area contributed by atoms with Crippen molar-refractivity contribution in [1.29, 1.82) is 0 Å². The molecule has 0 unspecified atom stereocenters. The number of rotatable bonds is 5. The second-order valence-electron chi connectivity index (χ2n) is 3.07. The van der Waals surface area contributed by atoms with Gasteiger partial charge in [-0.15, -0.1) is 13.2 Å². The summed E-state index contributed by atoms with van der Waals surface area (Å²) in [7, 11) is 0.504. The Bertz CT molecular complexity index is 583. The molecule has 0 atom stereocenters. The SMILES string of the molecule is O=[N+]([O-])c1nn(CCOC(F)(F)F)cc1S(=O)(=O)Cl. The number of nitrogens with zero attached hydrogens (tertiary/aromatic N) is 3. The fourth-order valence-corrected chi connectivity index (χ4v) is 1.97. The maximum Gasteiger partial charge on any atom is 0.522 e. The molecule has 0 bridgehead atoms. The lowest BCUT2D eigenvalue weighted by Gasteiger charge is -2.05. The average Bonchev–Trinajstić information content (AvgIpc) is 2.59. The third-order valence-electron chi connectivity index (χ3n) is 1.73. The number of nitro groups is 1. The van der Waals surface area contributed by atoms with Crippen molar-refractivity contribution in [3.8, 4) is 0 Å². The first-order valence-corrected chi connectivity index (χ1v) is 6.69. The Morgan fingerprint density at radius 3 is 2.47 bits per heavy atom. The van der Waals surface area contributed by atoms with E-state index in [1.165, 1.54) is 0 Å². The van der Waals surface area contributed by atoms with Gasteiger partial charge in [0, 0.05) is 10.7 Å². The van der Waals surface area contributed by atoms with Crippen molar-refractivity contribution in [2.24, 2.45) is 0 Å². The van der Waals surface area contributed by atoms with Crippen molar-refractivity contribution in [1.82, 2.24) is 9.78 Å². The minimum absolute atomic E-state index is 0.535. The number of hydrogen-bond acceptors (Lipinski definition) is 6. The number of ether oxygens (including phenoxy) is 1. The Kier molecular flexibility index (Phi) is 4.37. The summed E-state index contributed by atoms with van der Waals surface area (Å²) >= 11 is 0. The van der Waals surface area contributed by atoms with Crippen LogP contribution in [0.25, 0.3) is 0 Å². The Balaban J connectivity index is 2.91. The molecule has 0 saturated carbocycles. The van der Waals surface area contributed by atoms with Crippen LogP contribution in [0, 0.1) is 10.1 Å².